The van der Waals surface area contributed by atoms with E-state index in [-0.39, 0.29) is 5.56 Å². The summed E-state index contributed by atoms with van der Waals surface area (Å²) in [6, 6.07) is 11.8. The lowest BCUT2D eigenvalue weighted by Gasteiger charge is -2.12. The summed E-state index contributed by atoms with van der Waals surface area (Å²) in [6.07, 6.45) is 0. The number of halogens is 1. The van der Waals surface area contributed by atoms with Gasteiger partial charge in [0.25, 0.3) is 0 Å². The van der Waals surface area contributed by atoms with Crippen molar-refractivity contribution in [3.8, 4) is 17.2 Å². The SMILES string of the molecule is COc1cc(Br)ccc1OCCOc1cccc(C(=O)O)c1. The predicted molar refractivity (Wildman–Crippen MR) is 85.1 cm³/mol. The highest BCUT2D eigenvalue weighted by molar-refractivity contribution is 9.10. The van der Waals surface area contributed by atoms with E-state index in [9.17, 15) is 4.79 Å². The van der Waals surface area contributed by atoms with Gasteiger partial charge >= 0.3 is 5.97 Å². The molecule has 0 saturated heterocycles. The van der Waals surface area contributed by atoms with Gasteiger partial charge in [0.2, 0.25) is 0 Å². The van der Waals surface area contributed by atoms with Crippen LogP contribution >= 0.6 is 15.9 Å². The third kappa shape index (κ3) is 4.39. The summed E-state index contributed by atoms with van der Waals surface area (Å²) in [5, 5.41) is 8.91. The maximum absolute atomic E-state index is 10.9. The lowest BCUT2D eigenvalue weighted by molar-refractivity contribution is 0.0696. The van der Waals surface area contributed by atoms with Crippen molar-refractivity contribution < 1.29 is 24.1 Å². The number of aromatic carboxylic acids is 1. The third-order valence-electron chi connectivity index (χ3n) is 2.82. The second kappa shape index (κ2) is 7.70. The number of carbonyl (C=O) groups is 1. The first kappa shape index (κ1) is 16.2. The minimum atomic E-state index is -0.985. The van der Waals surface area contributed by atoms with E-state index in [1.54, 1.807) is 25.3 Å². The van der Waals surface area contributed by atoms with E-state index in [2.05, 4.69) is 15.9 Å². The summed E-state index contributed by atoms with van der Waals surface area (Å²) < 4.78 is 17.2. The number of methoxy groups -OCH3 is 1. The first-order chi connectivity index (χ1) is 10.6. The predicted octanol–water partition coefficient (Wildman–Crippen LogP) is 3.61. The lowest BCUT2D eigenvalue weighted by atomic mass is 10.2. The summed E-state index contributed by atoms with van der Waals surface area (Å²) >= 11 is 3.36. The summed E-state index contributed by atoms with van der Waals surface area (Å²) in [5.74, 6) is 0.753. The maximum atomic E-state index is 10.9. The zero-order valence-electron chi connectivity index (χ0n) is 11.9. The van der Waals surface area contributed by atoms with Crippen LogP contribution in [0.3, 0.4) is 0 Å². The fraction of sp³-hybridized carbons (Fsp3) is 0.188. The van der Waals surface area contributed by atoms with Crippen molar-refractivity contribution in [2.45, 2.75) is 0 Å². The van der Waals surface area contributed by atoms with Gasteiger partial charge in [-0.3, -0.25) is 0 Å². The molecular formula is C16H15BrO5. The van der Waals surface area contributed by atoms with Crippen LogP contribution in [0.2, 0.25) is 0 Å². The molecule has 0 atom stereocenters. The van der Waals surface area contributed by atoms with Gasteiger partial charge in [-0.2, -0.15) is 0 Å². The number of ether oxygens (including phenoxy) is 3. The average Bonchev–Trinajstić information content (AvgIpc) is 2.52. The Hall–Kier alpha value is -2.21. The molecule has 0 aliphatic heterocycles. The second-order valence-corrected chi connectivity index (χ2v) is 5.24. The lowest BCUT2D eigenvalue weighted by Crippen LogP contribution is -2.10. The Kier molecular flexibility index (Phi) is 5.66. The zero-order valence-corrected chi connectivity index (χ0v) is 13.5. The van der Waals surface area contributed by atoms with Gasteiger partial charge in [0.15, 0.2) is 11.5 Å². The van der Waals surface area contributed by atoms with Crippen LogP contribution in [0.25, 0.3) is 0 Å². The number of carboxylic acids is 1. The Balaban J connectivity index is 1.87. The van der Waals surface area contributed by atoms with Gasteiger partial charge in [-0.25, -0.2) is 4.79 Å². The van der Waals surface area contributed by atoms with Crippen LogP contribution in [0.1, 0.15) is 10.4 Å². The van der Waals surface area contributed by atoms with E-state index in [0.29, 0.717) is 30.5 Å². The molecule has 1 N–H and O–H groups in total. The Labute approximate surface area is 136 Å². The minimum Gasteiger partial charge on any atom is -0.493 e. The van der Waals surface area contributed by atoms with Crippen molar-refractivity contribution in [1.82, 2.24) is 0 Å². The molecule has 0 amide bonds. The zero-order chi connectivity index (χ0) is 15.9. The molecule has 2 aromatic carbocycles. The topological polar surface area (TPSA) is 65.0 Å². The number of benzene rings is 2. The Bertz CT molecular complexity index is 657. The molecule has 6 heteroatoms. The largest absolute Gasteiger partial charge is 0.493 e. The number of carboxylic acid groups (broad SMARTS) is 1. The highest BCUT2D eigenvalue weighted by Crippen LogP contribution is 2.30. The molecule has 0 unspecified atom stereocenters. The summed E-state index contributed by atoms with van der Waals surface area (Å²) in [4.78, 5) is 10.9. The highest BCUT2D eigenvalue weighted by atomic mass is 79.9. The molecule has 2 aromatic rings. The molecule has 22 heavy (non-hydrogen) atoms. The number of hydrogen-bond donors (Lipinski definition) is 1. The molecular weight excluding hydrogens is 352 g/mol. The van der Waals surface area contributed by atoms with Crippen molar-refractivity contribution >= 4 is 21.9 Å². The molecule has 0 fully saturated rings. The van der Waals surface area contributed by atoms with Crippen LogP contribution in [0.15, 0.2) is 46.9 Å². The Morgan fingerprint density at radius 3 is 2.59 bits per heavy atom. The van der Waals surface area contributed by atoms with Crippen LogP contribution < -0.4 is 14.2 Å². The molecule has 0 aliphatic rings. The standard InChI is InChI=1S/C16H15BrO5/c1-20-15-10-12(17)5-6-14(15)22-8-7-21-13-4-2-3-11(9-13)16(18)19/h2-6,9-10H,7-8H2,1H3,(H,18,19). The molecule has 116 valence electrons. The molecule has 0 spiro atoms. The van der Waals surface area contributed by atoms with Crippen molar-refractivity contribution in [3.63, 3.8) is 0 Å². The van der Waals surface area contributed by atoms with E-state index in [1.807, 2.05) is 12.1 Å². The quantitative estimate of drug-likeness (QED) is 0.758. The van der Waals surface area contributed by atoms with Crippen LogP contribution in [-0.4, -0.2) is 31.4 Å². The van der Waals surface area contributed by atoms with E-state index >= 15 is 0 Å². The molecule has 0 heterocycles. The Morgan fingerprint density at radius 1 is 1.09 bits per heavy atom. The highest BCUT2D eigenvalue weighted by Gasteiger charge is 2.06. The van der Waals surface area contributed by atoms with Crippen LogP contribution in [-0.2, 0) is 0 Å². The van der Waals surface area contributed by atoms with Crippen LogP contribution in [0.4, 0.5) is 0 Å². The maximum Gasteiger partial charge on any atom is 0.335 e. The van der Waals surface area contributed by atoms with Crippen molar-refractivity contribution in [3.05, 3.63) is 52.5 Å². The molecule has 0 bridgehead atoms. The van der Waals surface area contributed by atoms with Gasteiger partial charge in [-0.05, 0) is 36.4 Å². The van der Waals surface area contributed by atoms with Crippen molar-refractivity contribution in [2.24, 2.45) is 0 Å². The van der Waals surface area contributed by atoms with Gasteiger partial charge in [0.05, 0.1) is 12.7 Å². The molecule has 0 radical (unpaired) electrons. The molecule has 0 saturated carbocycles. The van der Waals surface area contributed by atoms with Gasteiger partial charge < -0.3 is 19.3 Å². The number of rotatable bonds is 7. The van der Waals surface area contributed by atoms with E-state index < -0.39 is 5.97 Å². The van der Waals surface area contributed by atoms with Crippen LogP contribution in [0, 0.1) is 0 Å². The molecule has 0 aliphatic carbocycles. The monoisotopic (exact) mass is 366 g/mol. The fourth-order valence-corrected chi connectivity index (χ4v) is 2.13. The van der Waals surface area contributed by atoms with Crippen LogP contribution in [0.5, 0.6) is 17.2 Å². The summed E-state index contributed by atoms with van der Waals surface area (Å²) in [6.45, 7) is 0.609. The second-order valence-electron chi connectivity index (χ2n) is 4.33. The number of hydrogen-bond acceptors (Lipinski definition) is 4. The minimum absolute atomic E-state index is 0.188. The van der Waals surface area contributed by atoms with Gasteiger partial charge in [0.1, 0.15) is 19.0 Å². The van der Waals surface area contributed by atoms with E-state index in [0.717, 1.165) is 4.47 Å². The molecule has 0 aromatic heterocycles. The molecule has 5 nitrogen and oxygen atoms in total. The van der Waals surface area contributed by atoms with Crippen molar-refractivity contribution in [2.75, 3.05) is 20.3 Å². The summed E-state index contributed by atoms with van der Waals surface area (Å²) in [7, 11) is 1.57. The van der Waals surface area contributed by atoms with Crippen molar-refractivity contribution in [1.29, 1.82) is 0 Å². The third-order valence-corrected chi connectivity index (χ3v) is 3.31. The first-order valence-corrected chi connectivity index (χ1v) is 7.32. The average molecular weight is 367 g/mol. The normalized spacial score (nSPS) is 10.1. The first-order valence-electron chi connectivity index (χ1n) is 6.52. The van der Waals surface area contributed by atoms with Gasteiger partial charge in [-0.15, -0.1) is 0 Å². The fourth-order valence-electron chi connectivity index (χ4n) is 1.79. The van der Waals surface area contributed by atoms with Gasteiger partial charge in [0, 0.05) is 4.47 Å². The van der Waals surface area contributed by atoms with Gasteiger partial charge in [-0.1, -0.05) is 22.0 Å². The smallest absolute Gasteiger partial charge is 0.335 e. The van der Waals surface area contributed by atoms with E-state index in [1.165, 1.54) is 12.1 Å². The summed E-state index contributed by atoms with van der Waals surface area (Å²) in [5.41, 5.74) is 0.188. The van der Waals surface area contributed by atoms with E-state index in [4.69, 9.17) is 19.3 Å². The Morgan fingerprint density at radius 2 is 1.86 bits per heavy atom. The molecule has 2 rings (SSSR count).